The normalized spacial score (nSPS) is 10.3. The first-order valence-electron chi connectivity index (χ1n) is 6.82. The fourth-order valence-corrected chi connectivity index (χ4v) is 2.10. The van der Waals surface area contributed by atoms with Crippen LogP contribution in [0.4, 0.5) is 10.1 Å². The van der Waals surface area contributed by atoms with E-state index in [1.165, 1.54) is 17.7 Å². The zero-order valence-corrected chi connectivity index (χ0v) is 11.8. The average Bonchev–Trinajstić information content (AvgIpc) is 2.50. The molecular formula is C17H18FNO. The molecule has 0 N–H and O–H groups in total. The van der Waals surface area contributed by atoms with Crippen LogP contribution in [0.2, 0.25) is 0 Å². The topological polar surface area (TPSA) is 20.3 Å². The molecule has 2 aromatic rings. The number of aryl methyl sites for hydroxylation is 1. The highest BCUT2D eigenvalue weighted by Gasteiger charge is 2.15. The first kappa shape index (κ1) is 14.3. The van der Waals surface area contributed by atoms with Gasteiger partial charge in [0.25, 0.3) is 5.91 Å². The molecule has 0 spiro atoms. The Morgan fingerprint density at radius 1 is 1.00 bits per heavy atom. The fraction of sp³-hybridized carbons (Fsp3) is 0.235. The van der Waals surface area contributed by atoms with Crippen LogP contribution < -0.4 is 4.90 Å². The molecule has 0 saturated carbocycles. The summed E-state index contributed by atoms with van der Waals surface area (Å²) in [6.07, 6.45) is 0.948. The SMILES string of the molecule is CCc1ccc(C(=O)N(CC)c2ccc(F)cc2)cc1. The van der Waals surface area contributed by atoms with Gasteiger partial charge >= 0.3 is 0 Å². The smallest absolute Gasteiger partial charge is 0.258 e. The Morgan fingerprint density at radius 3 is 2.10 bits per heavy atom. The molecule has 3 heteroatoms. The summed E-state index contributed by atoms with van der Waals surface area (Å²) < 4.78 is 13.0. The zero-order chi connectivity index (χ0) is 14.5. The highest BCUT2D eigenvalue weighted by Crippen LogP contribution is 2.18. The van der Waals surface area contributed by atoms with Gasteiger partial charge in [0.15, 0.2) is 0 Å². The first-order chi connectivity index (χ1) is 9.65. The van der Waals surface area contributed by atoms with Gasteiger partial charge < -0.3 is 4.90 Å². The van der Waals surface area contributed by atoms with Gasteiger partial charge in [-0.05, 0) is 55.3 Å². The average molecular weight is 271 g/mol. The van der Waals surface area contributed by atoms with E-state index < -0.39 is 0 Å². The monoisotopic (exact) mass is 271 g/mol. The van der Waals surface area contributed by atoms with Crippen LogP contribution in [-0.4, -0.2) is 12.5 Å². The van der Waals surface area contributed by atoms with Crippen molar-refractivity contribution in [3.8, 4) is 0 Å². The molecule has 104 valence electrons. The van der Waals surface area contributed by atoms with Gasteiger partial charge in [-0.15, -0.1) is 0 Å². The van der Waals surface area contributed by atoms with Crippen LogP contribution in [-0.2, 0) is 6.42 Å². The maximum absolute atomic E-state index is 13.0. The number of nitrogens with zero attached hydrogens (tertiary/aromatic N) is 1. The largest absolute Gasteiger partial charge is 0.309 e. The number of hydrogen-bond acceptors (Lipinski definition) is 1. The van der Waals surface area contributed by atoms with Crippen molar-refractivity contribution in [1.29, 1.82) is 0 Å². The highest BCUT2D eigenvalue weighted by atomic mass is 19.1. The number of benzene rings is 2. The fourth-order valence-electron chi connectivity index (χ4n) is 2.10. The van der Waals surface area contributed by atoms with Crippen LogP contribution in [0.3, 0.4) is 0 Å². The second-order valence-corrected chi connectivity index (χ2v) is 4.58. The van der Waals surface area contributed by atoms with E-state index in [2.05, 4.69) is 6.92 Å². The van der Waals surface area contributed by atoms with Crippen LogP contribution in [0.1, 0.15) is 29.8 Å². The Morgan fingerprint density at radius 2 is 1.60 bits per heavy atom. The van der Waals surface area contributed by atoms with Crippen molar-refractivity contribution in [2.45, 2.75) is 20.3 Å². The van der Waals surface area contributed by atoms with Gasteiger partial charge in [0.1, 0.15) is 5.82 Å². The molecule has 0 bridgehead atoms. The van der Waals surface area contributed by atoms with Gasteiger partial charge in [0.05, 0.1) is 0 Å². The van der Waals surface area contributed by atoms with Crippen molar-refractivity contribution < 1.29 is 9.18 Å². The first-order valence-corrected chi connectivity index (χ1v) is 6.82. The van der Waals surface area contributed by atoms with E-state index >= 15 is 0 Å². The van der Waals surface area contributed by atoms with Crippen molar-refractivity contribution in [2.24, 2.45) is 0 Å². The number of amides is 1. The van der Waals surface area contributed by atoms with Gasteiger partial charge in [0, 0.05) is 17.8 Å². The zero-order valence-electron chi connectivity index (χ0n) is 11.8. The molecule has 0 aromatic heterocycles. The van der Waals surface area contributed by atoms with Crippen LogP contribution >= 0.6 is 0 Å². The molecule has 0 saturated heterocycles. The van der Waals surface area contributed by atoms with Gasteiger partial charge in [0.2, 0.25) is 0 Å². The Balaban J connectivity index is 2.26. The summed E-state index contributed by atoms with van der Waals surface area (Å²) >= 11 is 0. The molecule has 0 aliphatic heterocycles. The molecule has 20 heavy (non-hydrogen) atoms. The van der Waals surface area contributed by atoms with Crippen molar-refractivity contribution in [1.82, 2.24) is 0 Å². The third kappa shape index (κ3) is 3.05. The van der Waals surface area contributed by atoms with Crippen molar-refractivity contribution in [2.75, 3.05) is 11.4 Å². The number of halogens is 1. The van der Waals surface area contributed by atoms with Crippen LogP contribution in [0.5, 0.6) is 0 Å². The molecule has 0 unspecified atom stereocenters. The Kier molecular flexibility index (Phi) is 4.51. The van der Waals surface area contributed by atoms with Gasteiger partial charge in [-0.1, -0.05) is 19.1 Å². The lowest BCUT2D eigenvalue weighted by Gasteiger charge is -2.21. The Bertz CT molecular complexity index is 575. The number of rotatable bonds is 4. The van der Waals surface area contributed by atoms with E-state index in [1.807, 2.05) is 31.2 Å². The second-order valence-electron chi connectivity index (χ2n) is 4.58. The van der Waals surface area contributed by atoms with Crippen molar-refractivity contribution in [3.05, 3.63) is 65.5 Å². The Hall–Kier alpha value is -2.16. The lowest BCUT2D eigenvalue weighted by atomic mass is 10.1. The highest BCUT2D eigenvalue weighted by molar-refractivity contribution is 6.06. The predicted molar refractivity (Wildman–Crippen MR) is 79.6 cm³/mol. The quantitative estimate of drug-likeness (QED) is 0.821. The van der Waals surface area contributed by atoms with E-state index in [0.717, 1.165) is 6.42 Å². The lowest BCUT2D eigenvalue weighted by Crippen LogP contribution is -2.30. The standard InChI is InChI=1S/C17H18FNO/c1-3-13-5-7-14(8-6-13)17(20)19(4-2)16-11-9-15(18)10-12-16/h5-12H,3-4H2,1-2H3. The molecule has 0 aliphatic carbocycles. The molecular weight excluding hydrogens is 253 g/mol. The second kappa shape index (κ2) is 6.33. The van der Waals surface area contributed by atoms with Crippen LogP contribution in [0, 0.1) is 5.82 Å². The summed E-state index contributed by atoms with van der Waals surface area (Å²) in [6.45, 7) is 4.52. The number of carbonyl (C=O) groups is 1. The Labute approximate surface area is 118 Å². The predicted octanol–water partition coefficient (Wildman–Crippen LogP) is 4.05. The molecule has 0 radical (unpaired) electrons. The minimum atomic E-state index is -0.301. The third-order valence-electron chi connectivity index (χ3n) is 3.31. The number of carbonyl (C=O) groups excluding carboxylic acids is 1. The minimum Gasteiger partial charge on any atom is -0.309 e. The summed E-state index contributed by atoms with van der Waals surface area (Å²) in [5.41, 5.74) is 2.55. The molecule has 2 rings (SSSR count). The molecule has 2 aromatic carbocycles. The van der Waals surface area contributed by atoms with Crippen molar-refractivity contribution in [3.63, 3.8) is 0 Å². The molecule has 0 atom stereocenters. The summed E-state index contributed by atoms with van der Waals surface area (Å²) in [4.78, 5) is 14.1. The molecule has 0 fully saturated rings. The van der Waals surface area contributed by atoms with Crippen LogP contribution in [0.15, 0.2) is 48.5 Å². The molecule has 1 amide bonds. The summed E-state index contributed by atoms with van der Waals surface area (Å²) in [7, 11) is 0. The summed E-state index contributed by atoms with van der Waals surface area (Å²) in [5, 5.41) is 0. The molecule has 2 nitrogen and oxygen atoms in total. The summed E-state index contributed by atoms with van der Waals surface area (Å²) in [6, 6.07) is 13.6. The van der Waals surface area contributed by atoms with E-state index in [0.29, 0.717) is 17.8 Å². The molecule has 0 heterocycles. The summed E-state index contributed by atoms with van der Waals surface area (Å²) in [5.74, 6) is -0.369. The van der Waals surface area contributed by atoms with E-state index in [4.69, 9.17) is 0 Å². The minimum absolute atomic E-state index is 0.0678. The lowest BCUT2D eigenvalue weighted by molar-refractivity contribution is 0.0988. The van der Waals surface area contributed by atoms with Gasteiger partial charge in [-0.25, -0.2) is 4.39 Å². The number of hydrogen-bond donors (Lipinski definition) is 0. The van der Waals surface area contributed by atoms with E-state index in [9.17, 15) is 9.18 Å². The van der Waals surface area contributed by atoms with Crippen molar-refractivity contribution >= 4 is 11.6 Å². The van der Waals surface area contributed by atoms with E-state index in [1.54, 1.807) is 17.0 Å². The van der Waals surface area contributed by atoms with Gasteiger partial charge in [-0.3, -0.25) is 4.79 Å². The van der Waals surface area contributed by atoms with Crippen LogP contribution in [0.25, 0.3) is 0 Å². The maximum atomic E-state index is 13.0. The number of anilines is 1. The van der Waals surface area contributed by atoms with E-state index in [-0.39, 0.29) is 11.7 Å². The van der Waals surface area contributed by atoms with Gasteiger partial charge in [-0.2, -0.15) is 0 Å². The maximum Gasteiger partial charge on any atom is 0.258 e. The third-order valence-corrected chi connectivity index (χ3v) is 3.31. The molecule has 0 aliphatic rings.